The SMILES string of the molecule is O=S(=O)(Nc1ccc(F)cc1F)c1cc(-c2noc(C3CCC3)n2)cs1. The first-order valence-corrected chi connectivity index (χ1v) is 10.2. The topological polar surface area (TPSA) is 85.1 Å². The molecule has 0 radical (unpaired) electrons. The Kier molecular flexibility index (Phi) is 4.23. The Morgan fingerprint density at radius 1 is 1.23 bits per heavy atom. The van der Waals surface area contributed by atoms with Crippen molar-refractivity contribution in [2.45, 2.75) is 29.4 Å². The van der Waals surface area contributed by atoms with Crippen molar-refractivity contribution in [2.75, 3.05) is 4.72 Å². The Labute approximate surface area is 151 Å². The quantitative estimate of drug-likeness (QED) is 0.699. The third-order valence-electron chi connectivity index (χ3n) is 4.17. The molecule has 6 nitrogen and oxygen atoms in total. The number of halogens is 2. The zero-order valence-corrected chi connectivity index (χ0v) is 14.9. The predicted molar refractivity (Wildman–Crippen MR) is 91.4 cm³/mol. The number of nitrogens with zero attached hydrogens (tertiary/aromatic N) is 2. The van der Waals surface area contributed by atoms with Crippen molar-refractivity contribution < 1.29 is 21.7 Å². The van der Waals surface area contributed by atoms with Gasteiger partial charge in [-0.1, -0.05) is 11.6 Å². The van der Waals surface area contributed by atoms with E-state index in [4.69, 9.17) is 4.52 Å². The number of aromatic nitrogens is 2. The summed E-state index contributed by atoms with van der Waals surface area (Å²) in [4.78, 5) is 4.32. The van der Waals surface area contributed by atoms with Gasteiger partial charge in [0.15, 0.2) is 0 Å². The van der Waals surface area contributed by atoms with Crippen molar-refractivity contribution in [2.24, 2.45) is 0 Å². The molecule has 0 amide bonds. The number of hydrogen-bond acceptors (Lipinski definition) is 6. The van der Waals surface area contributed by atoms with Crippen molar-refractivity contribution in [3.8, 4) is 11.4 Å². The molecule has 1 aliphatic carbocycles. The number of benzene rings is 1. The molecule has 26 heavy (non-hydrogen) atoms. The van der Waals surface area contributed by atoms with Crippen molar-refractivity contribution in [1.29, 1.82) is 0 Å². The third-order valence-corrected chi connectivity index (χ3v) is 6.98. The fourth-order valence-corrected chi connectivity index (χ4v) is 4.74. The lowest BCUT2D eigenvalue weighted by atomic mass is 9.85. The van der Waals surface area contributed by atoms with Crippen molar-refractivity contribution in [3.05, 3.63) is 47.2 Å². The molecule has 2 aromatic heterocycles. The molecule has 0 aliphatic heterocycles. The van der Waals surface area contributed by atoms with Gasteiger partial charge in [0, 0.05) is 22.9 Å². The largest absolute Gasteiger partial charge is 0.339 e. The Hall–Kier alpha value is -2.33. The van der Waals surface area contributed by atoms with Crippen LogP contribution in [0.3, 0.4) is 0 Å². The Morgan fingerprint density at radius 2 is 2.04 bits per heavy atom. The second-order valence-corrected chi connectivity index (χ2v) is 8.79. The van der Waals surface area contributed by atoms with Crippen molar-refractivity contribution in [1.82, 2.24) is 10.1 Å². The van der Waals surface area contributed by atoms with E-state index in [1.807, 2.05) is 0 Å². The van der Waals surface area contributed by atoms with E-state index in [0.29, 0.717) is 23.3 Å². The van der Waals surface area contributed by atoms with Crippen LogP contribution in [0.25, 0.3) is 11.4 Å². The number of sulfonamides is 1. The summed E-state index contributed by atoms with van der Waals surface area (Å²) in [6, 6.07) is 4.01. The van der Waals surface area contributed by atoms with Gasteiger partial charge in [-0.25, -0.2) is 17.2 Å². The van der Waals surface area contributed by atoms with Crippen molar-refractivity contribution in [3.63, 3.8) is 0 Å². The molecule has 1 saturated carbocycles. The summed E-state index contributed by atoms with van der Waals surface area (Å²) in [6.07, 6.45) is 3.16. The fraction of sp³-hybridized carbons (Fsp3) is 0.250. The van der Waals surface area contributed by atoms with Crippen LogP contribution in [0.4, 0.5) is 14.5 Å². The van der Waals surface area contributed by atoms with E-state index in [1.165, 1.54) is 6.07 Å². The summed E-state index contributed by atoms with van der Waals surface area (Å²) in [7, 11) is -4.02. The van der Waals surface area contributed by atoms with Crippen LogP contribution in [0.15, 0.2) is 38.4 Å². The summed E-state index contributed by atoms with van der Waals surface area (Å²) in [5, 5.41) is 5.48. The minimum atomic E-state index is -4.02. The van der Waals surface area contributed by atoms with Gasteiger partial charge in [0.25, 0.3) is 10.0 Å². The number of anilines is 1. The highest BCUT2D eigenvalue weighted by molar-refractivity contribution is 7.94. The maximum atomic E-state index is 13.7. The van der Waals surface area contributed by atoms with E-state index < -0.39 is 21.7 Å². The summed E-state index contributed by atoms with van der Waals surface area (Å²) >= 11 is 0.948. The summed E-state index contributed by atoms with van der Waals surface area (Å²) in [6.45, 7) is 0. The molecule has 0 atom stereocenters. The molecule has 1 N–H and O–H groups in total. The molecule has 2 heterocycles. The van der Waals surface area contributed by atoms with E-state index >= 15 is 0 Å². The van der Waals surface area contributed by atoms with Crippen LogP contribution in [0.2, 0.25) is 0 Å². The van der Waals surface area contributed by atoms with Gasteiger partial charge in [0.05, 0.1) is 5.69 Å². The van der Waals surface area contributed by atoms with Gasteiger partial charge in [0.1, 0.15) is 15.8 Å². The molecule has 0 spiro atoms. The van der Waals surface area contributed by atoms with Crippen LogP contribution in [-0.4, -0.2) is 18.6 Å². The molecule has 3 aromatic rings. The van der Waals surface area contributed by atoms with E-state index in [1.54, 1.807) is 5.38 Å². The lowest BCUT2D eigenvalue weighted by Crippen LogP contribution is -2.12. The summed E-state index contributed by atoms with van der Waals surface area (Å²) < 4.78 is 58.8. The highest BCUT2D eigenvalue weighted by Gasteiger charge is 2.26. The first-order valence-electron chi connectivity index (χ1n) is 7.83. The van der Waals surface area contributed by atoms with E-state index in [9.17, 15) is 17.2 Å². The van der Waals surface area contributed by atoms with E-state index in [2.05, 4.69) is 14.9 Å². The van der Waals surface area contributed by atoms with Crippen molar-refractivity contribution >= 4 is 27.0 Å². The van der Waals surface area contributed by atoms with Crippen LogP contribution in [0.1, 0.15) is 31.1 Å². The molecule has 136 valence electrons. The Balaban J connectivity index is 1.57. The normalized spacial score (nSPS) is 15.0. The Morgan fingerprint density at radius 3 is 2.73 bits per heavy atom. The minimum Gasteiger partial charge on any atom is -0.339 e. The first kappa shape index (κ1) is 17.1. The lowest BCUT2D eigenvalue weighted by Gasteiger charge is -2.20. The fourth-order valence-electron chi connectivity index (χ4n) is 2.52. The second kappa shape index (κ2) is 6.44. The van der Waals surface area contributed by atoms with Crippen LogP contribution < -0.4 is 4.72 Å². The summed E-state index contributed by atoms with van der Waals surface area (Å²) in [5.74, 6) is -0.621. The van der Waals surface area contributed by atoms with Crippen LogP contribution in [-0.2, 0) is 10.0 Å². The van der Waals surface area contributed by atoms with Gasteiger partial charge in [-0.2, -0.15) is 4.98 Å². The summed E-state index contributed by atoms with van der Waals surface area (Å²) in [5.41, 5.74) is 0.178. The molecule has 1 aliphatic rings. The maximum Gasteiger partial charge on any atom is 0.271 e. The smallest absolute Gasteiger partial charge is 0.271 e. The van der Waals surface area contributed by atoms with E-state index in [0.717, 1.165) is 42.7 Å². The van der Waals surface area contributed by atoms with Gasteiger partial charge in [-0.05, 0) is 31.0 Å². The first-order chi connectivity index (χ1) is 12.4. The van der Waals surface area contributed by atoms with Crippen LogP contribution in [0.5, 0.6) is 0 Å². The number of nitrogens with one attached hydrogen (secondary N) is 1. The van der Waals surface area contributed by atoms with Crippen LogP contribution >= 0.6 is 11.3 Å². The number of rotatable bonds is 5. The molecular formula is C16H13F2N3O3S2. The Bertz CT molecular complexity index is 1060. The molecule has 4 rings (SSSR count). The van der Waals surface area contributed by atoms with Gasteiger partial charge in [-0.15, -0.1) is 11.3 Å². The number of thiophene rings is 1. The average Bonchev–Trinajstić information content (AvgIpc) is 3.17. The average molecular weight is 397 g/mol. The molecule has 0 saturated heterocycles. The number of hydrogen-bond donors (Lipinski definition) is 1. The molecule has 10 heteroatoms. The maximum absolute atomic E-state index is 13.7. The predicted octanol–water partition coefficient (Wildman–Crippen LogP) is 4.14. The van der Waals surface area contributed by atoms with Gasteiger partial charge in [-0.3, -0.25) is 4.72 Å². The molecule has 0 unspecified atom stereocenters. The highest BCUT2D eigenvalue weighted by atomic mass is 32.2. The minimum absolute atomic E-state index is 0.0359. The second-order valence-electron chi connectivity index (χ2n) is 5.97. The van der Waals surface area contributed by atoms with Gasteiger partial charge < -0.3 is 4.52 Å². The van der Waals surface area contributed by atoms with E-state index in [-0.39, 0.29) is 15.8 Å². The lowest BCUT2D eigenvalue weighted by molar-refractivity contribution is 0.292. The van der Waals surface area contributed by atoms with Gasteiger partial charge in [0.2, 0.25) is 11.7 Å². The third kappa shape index (κ3) is 3.21. The van der Waals surface area contributed by atoms with Crippen LogP contribution in [0, 0.1) is 11.6 Å². The zero-order chi connectivity index (χ0) is 18.3. The standard InChI is InChI=1S/C16H13F2N3O3S2/c17-11-4-5-13(12(18)7-11)21-26(22,23)14-6-10(8-25-14)15-19-16(24-20-15)9-2-1-3-9/h4-9,21H,1-3H2. The zero-order valence-electron chi connectivity index (χ0n) is 13.3. The molecule has 1 fully saturated rings. The highest BCUT2D eigenvalue weighted by Crippen LogP contribution is 2.36. The molecule has 0 bridgehead atoms. The monoisotopic (exact) mass is 397 g/mol. The molecular weight excluding hydrogens is 384 g/mol. The van der Waals surface area contributed by atoms with Gasteiger partial charge >= 0.3 is 0 Å². The molecule has 1 aromatic carbocycles.